The number of amides is 2. The predicted octanol–water partition coefficient (Wildman–Crippen LogP) is 2.23. The van der Waals surface area contributed by atoms with Crippen molar-refractivity contribution in [3.8, 4) is 5.75 Å². The van der Waals surface area contributed by atoms with Gasteiger partial charge in [-0.1, -0.05) is 26.0 Å². The van der Waals surface area contributed by atoms with Gasteiger partial charge in [0.25, 0.3) is 5.91 Å². The lowest BCUT2D eigenvalue weighted by Gasteiger charge is -2.35. The van der Waals surface area contributed by atoms with Crippen LogP contribution in [-0.2, 0) is 9.53 Å². The molecule has 1 fully saturated rings. The van der Waals surface area contributed by atoms with Crippen LogP contribution >= 0.6 is 12.4 Å². The summed E-state index contributed by atoms with van der Waals surface area (Å²) in [5.41, 5.74) is 5.92. The topological polar surface area (TPSA) is 93.9 Å². The lowest BCUT2D eigenvalue weighted by Crippen LogP contribution is -2.53. The molecule has 2 amide bonds. The van der Waals surface area contributed by atoms with Crippen LogP contribution in [0.2, 0.25) is 0 Å². The second-order valence-corrected chi connectivity index (χ2v) is 7.43. The number of piperidine rings is 1. The number of nitrogens with two attached hydrogens (primary N) is 1. The van der Waals surface area contributed by atoms with E-state index in [1.807, 2.05) is 18.7 Å². The number of ether oxygens (including phenoxy) is 2. The molecule has 1 saturated heterocycles. The summed E-state index contributed by atoms with van der Waals surface area (Å²) < 4.78 is 11.1. The maximum absolute atomic E-state index is 13.1. The van der Waals surface area contributed by atoms with E-state index in [1.54, 1.807) is 24.3 Å². The third-order valence-electron chi connectivity index (χ3n) is 5.03. The van der Waals surface area contributed by atoms with Crippen molar-refractivity contribution in [2.75, 3.05) is 33.4 Å². The van der Waals surface area contributed by atoms with Gasteiger partial charge in [0.2, 0.25) is 5.91 Å². The molecule has 1 aliphatic heterocycles. The quantitative estimate of drug-likeness (QED) is 0.589. The normalized spacial score (nSPS) is 15.6. The molecule has 0 bridgehead atoms. The first-order chi connectivity index (χ1) is 13.5. The van der Waals surface area contributed by atoms with Gasteiger partial charge < -0.3 is 25.4 Å². The second-order valence-electron chi connectivity index (χ2n) is 7.43. The highest BCUT2D eigenvalue weighted by molar-refractivity contribution is 5.99. The number of carbonyl (C=O) groups is 2. The van der Waals surface area contributed by atoms with E-state index in [0.29, 0.717) is 37.6 Å². The number of hydrogen-bond acceptors (Lipinski definition) is 5. The highest BCUT2D eigenvalue weighted by Crippen LogP contribution is 2.20. The second kappa shape index (κ2) is 12.7. The van der Waals surface area contributed by atoms with Crippen LogP contribution in [-0.4, -0.2) is 62.2 Å². The van der Waals surface area contributed by atoms with Crippen molar-refractivity contribution >= 4 is 24.2 Å². The lowest BCUT2D eigenvalue weighted by molar-refractivity contribution is -0.137. The Morgan fingerprint density at radius 1 is 1.24 bits per heavy atom. The van der Waals surface area contributed by atoms with Crippen molar-refractivity contribution in [1.82, 2.24) is 10.2 Å². The van der Waals surface area contributed by atoms with Crippen LogP contribution in [0.15, 0.2) is 24.3 Å². The summed E-state index contributed by atoms with van der Waals surface area (Å²) in [7, 11) is 1.52. The molecule has 3 N–H and O–H groups in total. The average molecular weight is 428 g/mol. The molecule has 1 aromatic carbocycles. The highest BCUT2D eigenvalue weighted by Gasteiger charge is 2.32. The Bertz CT molecular complexity index is 649. The van der Waals surface area contributed by atoms with E-state index in [9.17, 15) is 9.59 Å². The number of benzene rings is 1. The number of para-hydroxylation sites is 1. The summed E-state index contributed by atoms with van der Waals surface area (Å²) in [4.78, 5) is 27.6. The molecule has 0 aliphatic carbocycles. The largest absolute Gasteiger partial charge is 0.496 e. The fraction of sp³-hybridized carbons (Fsp3) is 0.619. The van der Waals surface area contributed by atoms with E-state index < -0.39 is 6.04 Å². The third kappa shape index (κ3) is 7.17. The zero-order chi connectivity index (χ0) is 20.5. The number of carbonyl (C=O) groups excluding carboxylic acids is 2. The molecule has 2 rings (SSSR count). The number of hydrogen-bond donors (Lipinski definition) is 2. The average Bonchev–Trinajstić information content (AvgIpc) is 2.71. The van der Waals surface area contributed by atoms with Gasteiger partial charge in [-0.05, 0) is 43.9 Å². The van der Waals surface area contributed by atoms with Crippen molar-refractivity contribution in [2.45, 2.75) is 45.3 Å². The van der Waals surface area contributed by atoms with Crippen molar-refractivity contribution < 1.29 is 19.1 Å². The van der Waals surface area contributed by atoms with Gasteiger partial charge in [-0.15, -0.1) is 12.4 Å². The van der Waals surface area contributed by atoms with E-state index in [2.05, 4.69) is 5.32 Å². The molecule has 1 atom stereocenters. The smallest absolute Gasteiger partial charge is 0.255 e. The molecular formula is C21H34ClN3O4. The first kappa shape index (κ1) is 25.2. The van der Waals surface area contributed by atoms with Gasteiger partial charge in [0, 0.05) is 19.7 Å². The fourth-order valence-electron chi connectivity index (χ4n) is 3.34. The van der Waals surface area contributed by atoms with Crippen LogP contribution in [0.5, 0.6) is 5.75 Å². The van der Waals surface area contributed by atoms with Gasteiger partial charge in [-0.3, -0.25) is 9.59 Å². The van der Waals surface area contributed by atoms with Gasteiger partial charge in [0.1, 0.15) is 11.8 Å². The van der Waals surface area contributed by atoms with E-state index in [-0.39, 0.29) is 36.2 Å². The van der Waals surface area contributed by atoms with Crippen LogP contribution in [0.4, 0.5) is 0 Å². The number of methoxy groups -OCH3 is 1. The van der Waals surface area contributed by atoms with Crippen molar-refractivity contribution in [1.29, 1.82) is 0 Å². The van der Waals surface area contributed by atoms with Crippen molar-refractivity contribution in [3.05, 3.63) is 29.8 Å². The Hall–Kier alpha value is -1.83. The molecule has 1 aromatic rings. The molecule has 0 aromatic heterocycles. The first-order valence-corrected chi connectivity index (χ1v) is 10.0. The molecule has 8 heteroatoms. The van der Waals surface area contributed by atoms with Crippen LogP contribution in [0.1, 0.15) is 43.5 Å². The predicted molar refractivity (Wildman–Crippen MR) is 116 cm³/mol. The molecule has 0 saturated carbocycles. The van der Waals surface area contributed by atoms with Crippen molar-refractivity contribution in [2.24, 2.45) is 11.7 Å². The Morgan fingerprint density at radius 3 is 2.48 bits per heavy atom. The number of rotatable bonds is 9. The van der Waals surface area contributed by atoms with Gasteiger partial charge >= 0.3 is 0 Å². The maximum atomic E-state index is 13.1. The maximum Gasteiger partial charge on any atom is 0.255 e. The summed E-state index contributed by atoms with van der Waals surface area (Å²) in [6.07, 6.45) is 2.64. The number of halogens is 1. The lowest BCUT2D eigenvalue weighted by atomic mass is 9.99. The Labute approximate surface area is 179 Å². The molecule has 1 unspecified atom stereocenters. The molecule has 1 heterocycles. The minimum Gasteiger partial charge on any atom is -0.496 e. The molecule has 1 aliphatic rings. The highest BCUT2D eigenvalue weighted by atomic mass is 35.5. The SMILES string of the molecule is COc1ccccc1C(=O)NC(C(=O)N1CCC(OCCCN)CC1)C(C)C.Cl. The summed E-state index contributed by atoms with van der Waals surface area (Å²) >= 11 is 0. The van der Waals surface area contributed by atoms with E-state index in [4.69, 9.17) is 15.2 Å². The first-order valence-electron chi connectivity index (χ1n) is 10.0. The van der Waals surface area contributed by atoms with Gasteiger partial charge in [-0.25, -0.2) is 0 Å². The monoisotopic (exact) mass is 427 g/mol. The zero-order valence-corrected chi connectivity index (χ0v) is 18.4. The summed E-state index contributed by atoms with van der Waals surface area (Å²) in [5.74, 6) is 0.123. The Kier molecular flexibility index (Phi) is 11.0. The van der Waals surface area contributed by atoms with E-state index in [1.165, 1.54) is 7.11 Å². The van der Waals surface area contributed by atoms with Crippen LogP contribution in [0, 0.1) is 5.92 Å². The Balaban J connectivity index is 0.00000420. The molecular weight excluding hydrogens is 394 g/mol. The molecule has 0 spiro atoms. The molecule has 164 valence electrons. The van der Waals surface area contributed by atoms with Gasteiger partial charge in [0.15, 0.2) is 0 Å². The summed E-state index contributed by atoms with van der Waals surface area (Å²) in [5, 5.41) is 2.90. The van der Waals surface area contributed by atoms with E-state index in [0.717, 1.165) is 19.3 Å². The minimum atomic E-state index is -0.577. The number of likely N-dealkylation sites (tertiary alicyclic amines) is 1. The Morgan fingerprint density at radius 2 is 1.90 bits per heavy atom. The summed E-state index contributed by atoms with van der Waals surface area (Å²) in [6, 6.07) is 6.43. The molecule has 29 heavy (non-hydrogen) atoms. The van der Waals surface area contributed by atoms with Crippen molar-refractivity contribution in [3.63, 3.8) is 0 Å². The summed E-state index contributed by atoms with van der Waals surface area (Å²) in [6.45, 7) is 6.44. The molecule has 7 nitrogen and oxygen atoms in total. The minimum absolute atomic E-state index is 0. The van der Waals surface area contributed by atoms with Gasteiger partial charge in [0.05, 0.1) is 18.8 Å². The standard InChI is InChI=1S/C21H33N3O4.ClH/c1-15(2)19(23-20(25)17-7-4-5-8-18(17)27-3)21(26)24-12-9-16(10-13-24)28-14-6-11-22;/h4-5,7-8,15-16,19H,6,9-14,22H2,1-3H3,(H,23,25);1H. The fourth-order valence-corrected chi connectivity index (χ4v) is 3.34. The van der Waals surface area contributed by atoms with Crippen LogP contribution in [0.25, 0.3) is 0 Å². The van der Waals surface area contributed by atoms with Gasteiger partial charge in [-0.2, -0.15) is 0 Å². The van der Waals surface area contributed by atoms with E-state index >= 15 is 0 Å². The number of nitrogens with one attached hydrogen (secondary N) is 1. The zero-order valence-electron chi connectivity index (χ0n) is 17.6. The van der Waals surface area contributed by atoms with Crippen LogP contribution < -0.4 is 15.8 Å². The number of nitrogens with zero attached hydrogens (tertiary/aromatic N) is 1. The third-order valence-corrected chi connectivity index (χ3v) is 5.03. The van der Waals surface area contributed by atoms with Crippen LogP contribution in [0.3, 0.4) is 0 Å². The molecule has 0 radical (unpaired) electrons.